The maximum absolute atomic E-state index is 13.0. The van der Waals surface area contributed by atoms with Gasteiger partial charge in [0.15, 0.2) is 15.8 Å². The number of ether oxygens (including phenoxy) is 2. The molecule has 1 aliphatic rings. The molecule has 0 aliphatic carbocycles. The summed E-state index contributed by atoms with van der Waals surface area (Å²) in [5.41, 5.74) is 1.62. The lowest BCUT2D eigenvalue weighted by molar-refractivity contribution is -0.255. The van der Waals surface area contributed by atoms with Crippen molar-refractivity contribution in [2.45, 2.75) is 6.92 Å². The number of methoxy groups -OCH3 is 2. The van der Waals surface area contributed by atoms with Crippen LogP contribution in [-0.4, -0.2) is 30.4 Å². The molecule has 0 radical (unpaired) electrons. The first-order valence-electron chi connectivity index (χ1n) is 8.18. The van der Waals surface area contributed by atoms with Crippen LogP contribution in [0.5, 0.6) is 11.5 Å². The quantitative estimate of drug-likeness (QED) is 0.550. The average molecular weight is 414 g/mol. The number of hydrogen-bond donors (Lipinski definition) is 0. The van der Waals surface area contributed by atoms with E-state index in [-0.39, 0.29) is 11.5 Å². The van der Waals surface area contributed by atoms with Crippen molar-refractivity contribution in [1.29, 1.82) is 0 Å². The van der Waals surface area contributed by atoms with Gasteiger partial charge in [-0.3, -0.25) is 9.69 Å². The third-order valence-electron chi connectivity index (χ3n) is 4.21. The lowest BCUT2D eigenvalue weighted by Crippen LogP contribution is -2.29. The summed E-state index contributed by atoms with van der Waals surface area (Å²) in [6.45, 7) is 1.66. The van der Waals surface area contributed by atoms with Crippen molar-refractivity contribution in [2.75, 3.05) is 19.1 Å². The largest absolute Gasteiger partial charge is 0.545 e. The van der Waals surface area contributed by atoms with Crippen molar-refractivity contribution in [3.63, 3.8) is 0 Å². The first-order chi connectivity index (χ1) is 13.4. The zero-order chi connectivity index (χ0) is 20.4. The third-order valence-corrected chi connectivity index (χ3v) is 5.52. The summed E-state index contributed by atoms with van der Waals surface area (Å²) in [5.74, 6) is -0.594. The standard InChI is InChI=1S/C20H17NO5S2/c1-11-7-8-13(10-14(11)19(23)24)21-18(22)16(28-20(21)27)9-12-5-4-6-15(25-2)17(12)26-3/h4-10H,1-3H3,(H,23,24)/p-1/b16-9-. The number of thiocarbonyl (C=S) groups is 1. The molecule has 144 valence electrons. The van der Waals surface area contributed by atoms with Crippen LogP contribution in [0.1, 0.15) is 21.5 Å². The van der Waals surface area contributed by atoms with Gasteiger partial charge in [0.2, 0.25) is 0 Å². The Morgan fingerprint density at radius 1 is 1.21 bits per heavy atom. The smallest absolute Gasteiger partial charge is 0.270 e. The fourth-order valence-corrected chi connectivity index (χ4v) is 4.12. The topological polar surface area (TPSA) is 78.9 Å². The number of aromatic carboxylic acids is 1. The molecule has 6 nitrogen and oxygen atoms in total. The number of carboxylic acid groups (broad SMARTS) is 1. The predicted octanol–water partition coefficient (Wildman–Crippen LogP) is 2.78. The highest BCUT2D eigenvalue weighted by molar-refractivity contribution is 8.27. The van der Waals surface area contributed by atoms with Gasteiger partial charge in [0.1, 0.15) is 0 Å². The Labute approximate surface area is 171 Å². The Morgan fingerprint density at radius 2 is 1.96 bits per heavy atom. The van der Waals surface area contributed by atoms with Gasteiger partial charge < -0.3 is 19.4 Å². The maximum atomic E-state index is 13.0. The Hall–Kier alpha value is -2.84. The van der Waals surface area contributed by atoms with Crippen molar-refractivity contribution >= 4 is 51.9 Å². The van der Waals surface area contributed by atoms with E-state index in [1.807, 2.05) is 0 Å². The van der Waals surface area contributed by atoms with Crippen LogP contribution in [0.4, 0.5) is 5.69 Å². The molecule has 1 aliphatic heterocycles. The first-order valence-corrected chi connectivity index (χ1v) is 9.40. The van der Waals surface area contributed by atoms with Crippen LogP contribution in [0.15, 0.2) is 41.3 Å². The van der Waals surface area contributed by atoms with Crippen LogP contribution in [-0.2, 0) is 4.79 Å². The monoisotopic (exact) mass is 414 g/mol. The van der Waals surface area contributed by atoms with E-state index < -0.39 is 5.97 Å². The van der Waals surface area contributed by atoms with Gasteiger partial charge in [0.25, 0.3) is 5.91 Å². The summed E-state index contributed by atoms with van der Waals surface area (Å²) < 4.78 is 11.0. The van der Waals surface area contributed by atoms with Gasteiger partial charge in [-0.15, -0.1) is 0 Å². The molecule has 1 saturated heterocycles. The number of anilines is 1. The molecule has 0 atom stereocenters. The highest BCUT2D eigenvalue weighted by Crippen LogP contribution is 2.39. The van der Waals surface area contributed by atoms with E-state index in [0.717, 1.165) is 11.8 Å². The second kappa shape index (κ2) is 8.04. The summed E-state index contributed by atoms with van der Waals surface area (Å²) in [5, 5.41) is 11.3. The van der Waals surface area contributed by atoms with Crippen LogP contribution in [0.3, 0.4) is 0 Å². The molecule has 0 spiro atoms. The molecule has 0 bridgehead atoms. The zero-order valence-electron chi connectivity index (χ0n) is 15.3. The molecule has 0 aromatic heterocycles. The molecule has 1 fully saturated rings. The predicted molar refractivity (Wildman–Crippen MR) is 111 cm³/mol. The number of nitrogens with zero attached hydrogens (tertiary/aromatic N) is 1. The fraction of sp³-hybridized carbons (Fsp3) is 0.150. The average Bonchev–Trinajstić information content (AvgIpc) is 2.95. The molecule has 0 saturated carbocycles. The minimum absolute atomic E-state index is 0.0185. The van der Waals surface area contributed by atoms with Crippen molar-refractivity contribution < 1.29 is 24.2 Å². The number of aryl methyl sites for hydroxylation is 1. The van der Waals surface area contributed by atoms with Crippen LogP contribution in [0.2, 0.25) is 0 Å². The summed E-state index contributed by atoms with van der Waals surface area (Å²) in [6, 6.07) is 10.0. The Morgan fingerprint density at radius 3 is 2.61 bits per heavy atom. The van der Waals surface area contributed by atoms with E-state index in [2.05, 4.69) is 0 Å². The second-order valence-corrected chi connectivity index (χ2v) is 7.56. The van der Waals surface area contributed by atoms with Crippen LogP contribution < -0.4 is 19.5 Å². The minimum Gasteiger partial charge on any atom is -0.545 e. The molecular formula is C20H16NO5S2-. The van der Waals surface area contributed by atoms with Crippen molar-refractivity contribution in [3.8, 4) is 11.5 Å². The molecule has 1 heterocycles. The summed E-state index contributed by atoms with van der Waals surface area (Å²) >= 11 is 6.48. The summed E-state index contributed by atoms with van der Waals surface area (Å²) in [6.07, 6.45) is 1.68. The number of hydrogen-bond acceptors (Lipinski definition) is 7. The van der Waals surface area contributed by atoms with E-state index in [9.17, 15) is 14.7 Å². The lowest BCUT2D eigenvalue weighted by Gasteiger charge is -2.17. The summed E-state index contributed by atoms with van der Waals surface area (Å²) in [7, 11) is 3.06. The van der Waals surface area contributed by atoms with Gasteiger partial charge in [-0.1, -0.05) is 42.2 Å². The third kappa shape index (κ3) is 3.61. The maximum Gasteiger partial charge on any atom is 0.270 e. The molecule has 0 N–H and O–H groups in total. The number of benzene rings is 2. The van der Waals surface area contributed by atoms with Crippen molar-refractivity contribution in [1.82, 2.24) is 0 Å². The highest BCUT2D eigenvalue weighted by Gasteiger charge is 2.33. The summed E-state index contributed by atoms with van der Waals surface area (Å²) in [4.78, 5) is 26.0. The lowest BCUT2D eigenvalue weighted by atomic mass is 10.1. The van der Waals surface area contributed by atoms with E-state index in [4.69, 9.17) is 21.7 Å². The van der Waals surface area contributed by atoms with E-state index in [1.165, 1.54) is 25.2 Å². The molecule has 0 unspecified atom stereocenters. The number of rotatable bonds is 5. The van der Waals surface area contributed by atoms with Gasteiger partial charge >= 0.3 is 0 Å². The minimum atomic E-state index is -1.30. The number of para-hydroxylation sites is 1. The van der Waals surface area contributed by atoms with E-state index >= 15 is 0 Å². The molecule has 28 heavy (non-hydrogen) atoms. The van der Waals surface area contributed by atoms with E-state index in [1.54, 1.807) is 43.3 Å². The van der Waals surface area contributed by atoms with Gasteiger partial charge in [0.05, 0.1) is 30.8 Å². The van der Waals surface area contributed by atoms with Crippen LogP contribution in [0.25, 0.3) is 6.08 Å². The Balaban J connectivity index is 2.00. The van der Waals surface area contributed by atoms with Crippen molar-refractivity contribution in [3.05, 3.63) is 58.0 Å². The molecule has 2 aromatic carbocycles. The van der Waals surface area contributed by atoms with Gasteiger partial charge in [0, 0.05) is 11.1 Å². The normalized spacial score (nSPS) is 15.2. The second-order valence-electron chi connectivity index (χ2n) is 5.89. The molecular weight excluding hydrogens is 398 g/mol. The number of carbonyl (C=O) groups is 2. The Kier molecular flexibility index (Phi) is 5.71. The Bertz CT molecular complexity index is 1020. The van der Waals surface area contributed by atoms with Crippen LogP contribution >= 0.6 is 24.0 Å². The molecule has 1 amide bonds. The van der Waals surface area contributed by atoms with Crippen molar-refractivity contribution in [2.24, 2.45) is 0 Å². The highest BCUT2D eigenvalue weighted by atomic mass is 32.2. The number of amides is 1. The molecule has 8 heteroatoms. The number of carbonyl (C=O) groups excluding carboxylic acids is 2. The zero-order valence-corrected chi connectivity index (χ0v) is 17.0. The number of thioether (sulfide) groups is 1. The van der Waals surface area contributed by atoms with Crippen LogP contribution in [0, 0.1) is 6.92 Å². The molecule has 2 aromatic rings. The van der Waals surface area contributed by atoms with E-state index in [0.29, 0.717) is 37.5 Å². The molecule has 3 rings (SSSR count). The van der Waals surface area contributed by atoms with Gasteiger partial charge in [-0.05, 0) is 36.8 Å². The van der Waals surface area contributed by atoms with Gasteiger partial charge in [-0.25, -0.2) is 0 Å². The fourth-order valence-electron chi connectivity index (χ4n) is 2.83. The van der Waals surface area contributed by atoms with Gasteiger partial charge in [-0.2, -0.15) is 0 Å². The number of carboxylic acids is 1. The SMILES string of the molecule is COc1cccc(/C=C2\SC(=S)N(c3ccc(C)c(C(=O)[O-])c3)C2=O)c1OC. The first kappa shape index (κ1) is 19.9.